The molecule has 0 spiro atoms. The fraction of sp³-hybridized carbons (Fsp3) is 0.280. The second-order valence-corrected chi connectivity index (χ2v) is 8.73. The number of likely N-dealkylation sites (tertiary alicyclic amines) is 1. The zero-order chi connectivity index (χ0) is 20.9. The molecule has 2 amide bonds. The number of amides is 2. The summed E-state index contributed by atoms with van der Waals surface area (Å²) in [5, 5.41) is 1.89. The Labute approximate surface area is 181 Å². The van der Waals surface area contributed by atoms with Gasteiger partial charge in [-0.15, -0.1) is 11.3 Å². The van der Waals surface area contributed by atoms with Gasteiger partial charge in [0.2, 0.25) is 0 Å². The lowest BCUT2D eigenvalue weighted by molar-refractivity contribution is 0.0691. The van der Waals surface area contributed by atoms with E-state index in [9.17, 15) is 9.59 Å². The average Bonchev–Trinajstić information content (AvgIpc) is 3.34. The van der Waals surface area contributed by atoms with Crippen LogP contribution in [0.15, 0.2) is 72.1 Å². The first-order valence-corrected chi connectivity index (χ1v) is 11.2. The monoisotopic (exact) mass is 418 g/mol. The van der Waals surface area contributed by atoms with E-state index in [0.29, 0.717) is 22.0 Å². The molecule has 30 heavy (non-hydrogen) atoms. The molecule has 4 rings (SSSR count). The number of thiophene rings is 1. The van der Waals surface area contributed by atoms with Crippen molar-refractivity contribution in [3.05, 3.63) is 88.1 Å². The van der Waals surface area contributed by atoms with Crippen LogP contribution in [0.25, 0.3) is 0 Å². The van der Waals surface area contributed by atoms with Crippen molar-refractivity contribution in [3.8, 4) is 0 Å². The van der Waals surface area contributed by atoms with E-state index >= 15 is 0 Å². The molecule has 1 aromatic heterocycles. The lowest BCUT2D eigenvalue weighted by atomic mass is 9.90. The van der Waals surface area contributed by atoms with Gasteiger partial charge >= 0.3 is 0 Å². The molecule has 5 heteroatoms. The van der Waals surface area contributed by atoms with Crippen LogP contribution in [-0.2, 0) is 6.42 Å². The minimum Gasteiger partial charge on any atom is -0.339 e. The molecular weight excluding hydrogens is 392 g/mol. The van der Waals surface area contributed by atoms with Crippen molar-refractivity contribution in [2.24, 2.45) is 5.92 Å². The summed E-state index contributed by atoms with van der Waals surface area (Å²) in [7, 11) is 1.74. The van der Waals surface area contributed by atoms with Crippen molar-refractivity contribution in [1.82, 2.24) is 4.90 Å². The first-order chi connectivity index (χ1) is 14.6. The number of carbonyl (C=O) groups excluding carboxylic acids is 2. The lowest BCUT2D eigenvalue weighted by Crippen LogP contribution is -2.39. The Morgan fingerprint density at radius 2 is 1.67 bits per heavy atom. The van der Waals surface area contributed by atoms with E-state index in [1.54, 1.807) is 11.9 Å². The molecule has 1 aliphatic rings. The maximum absolute atomic E-state index is 13.3. The summed E-state index contributed by atoms with van der Waals surface area (Å²) in [6.07, 6.45) is 3.08. The molecule has 4 nitrogen and oxygen atoms in total. The van der Waals surface area contributed by atoms with Crippen LogP contribution in [-0.4, -0.2) is 36.9 Å². The molecule has 154 valence electrons. The molecule has 1 saturated heterocycles. The highest BCUT2D eigenvalue weighted by Crippen LogP contribution is 2.27. The predicted octanol–water partition coefficient (Wildman–Crippen LogP) is 5.12. The van der Waals surface area contributed by atoms with Crippen molar-refractivity contribution in [2.45, 2.75) is 19.3 Å². The summed E-state index contributed by atoms with van der Waals surface area (Å²) in [4.78, 5) is 30.3. The number of nitrogens with zero attached hydrogens (tertiary/aromatic N) is 2. The minimum absolute atomic E-state index is 0.00888. The Balaban J connectivity index is 1.44. The van der Waals surface area contributed by atoms with Gasteiger partial charge in [0, 0.05) is 20.1 Å². The van der Waals surface area contributed by atoms with Gasteiger partial charge < -0.3 is 9.80 Å². The van der Waals surface area contributed by atoms with E-state index in [-0.39, 0.29) is 11.8 Å². The Morgan fingerprint density at radius 3 is 2.37 bits per heavy atom. The molecular formula is C25H26N2O2S. The first kappa shape index (κ1) is 20.4. The number of benzene rings is 2. The van der Waals surface area contributed by atoms with Gasteiger partial charge in [0.15, 0.2) is 0 Å². The van der Waals surface area contributed by atoms with Gasteiger partial charge in [0.25, 0.3) is 11.8 Å². The number of anilines is 1. The molecule has 1 aliphatic heterocycles. The maximum atomic E-state index is 13.3. The highest BCUT2D eigenvalue weighted by molar-refractivity contribution is 7.12. The van der Waals surface area contributed by atoms with Crippen LogP contribution in [0.1, 0.15) is 38.4 Å². The zero-order valence-electron chi connectivity index (χ0n) is 17.2. The Bertz CT molecular complexity index is 993. The van der Waals surface area contributed by atoms with Gasteiger partial charge in [-0.2, -0.15) is 0 Å². The summed E-state index contributed by atoms with van der Waals surface area (Å²) in [6, 6.07) is 21.6. The Hall–Kier alpha value is -2.92. The predicted molar refractivity (Wildman–Crippen MR) is 122 cm³/mol. The van der Waals surface area contributed by atoms with Crippen LogP contribution >= 0.6 is 11.3 Å². The third-order valence-corrected chi connectivity index (χ3v) is 6.66. The molecule has 0 atom stereocenters. The molecule has 0 N–H and O–H groups in total. The quantitative estimate of drug-likeness (QED) is 0.577. The molecule has 3 aromatic rings. The molecule has 2 heterocycles. The molecule has 0 unspecified atom stereocenters. The summed E-state index contributed by atoms with van der Waals surface area (Å²) < 4.78 is 0. The Kier molecular flexibility index (Phi) is 6.29. The molecule has 0 bridgehead atoms. The van der Waals surface area contributed by atoms with Gasteiger partial charge in [-0.1, -0.05) is 48.5 Å². The number of carbonyl (C=O) groups is 2. The van der Waals surface area contributed by atoms with Gasteiger partial charge in [-0.3, -0.25) is 9.59 Å². The summed E-state index contributed by atoms with van der Waals surface area (Å²) in [5.41, 5.74) is 2.61. The largest absolute Gasteiger partial charge is 0.339 e. The number of rotatable bonds is 5. The number of piperidine rings is 1. The smallest absolute Gasteiger partial charge is 0.268 e. The van der Waals surface area contributed by atoms with Crippen molar-refractivity contribution >= 4 is 28.8 Å². The van der Waals surface area contributed by atoms with Crippen molar-refractivity contribution in [1.29, 1.82) is 0 Å². The maximum Gasteiger partial charge on any atom is 0.268 e. The normalized spacial score (nSPS) is 14.5. The van der Waals surface area contributed by atoms with E-state index < -0.39 is 0 Å². The van der Waals surface area contributed by atoms with E-state index in [0.717, 1.165) is 32.4 Å². The number of hydrogen-bond donors (Lipinski definition) is 0. The van der Waals surface area contributed by atoms with Crippen molar-refractivity contribution < 1.29 is 9.59 Å². The van der Waals surface area contributed by atoms with Crippen LogP contribution in [0.5, 0.6) is 0 Å². The molecule has 0 saturated carbocycles. The van der Waals surface area contributed by atoms with E-state index in [1.165, 1.54) is 16.9 Å². The highest BCUT2D eigenvalue weighted by Gasteiger charge is 2.27. The number of hydrogen-bond acceptors (Lipinski definition) is 3. The van der Waals surface area contributed by atoms with Crippen molar-refractivity contribution in [2.75, 3.05) is 25.0 Å². The summed E-state index contributed by atoms with van der Waals surface area (Å²) >= 11 is 1.41. The van der Waals surface area contributed by atoms with E-state index in [4.69, 9.17) is 0 Å². The van der Waals surface area contributed by atoms with Crippen LogP contribution in [0.4, 0.5) is 5.69 Å². The van der Waals surface area contributed by atoms with E-state index in [1.807, 2.05) is 52.7 Å². The third kappa shape index (κ3) is 4.46. The summed E-state index contributed by atoms with van der Waals surface area (Å²) in [6.45, 7) is 1.51. The summed E-state index contributed by atoms with van der Waals surface area (Å²) in [5.74, 6) is 0.524. The first-order valence-electron chi connectivity index (χ1n) is 10.4. The van der Waals surface area contributed by atoms with Crippen LogP contribution in [0.2, 0.25) is 0 Å². The molecule has 1 fully saturated rings. The second-order valence-electron chi connectivity index (χ2n) is 7.78. The van der Waals surface area contributed by atoms with Gasteiger partial charge in [-0.25, -0.2) is 0 Å². The topological polar surface area (TPSA) is 40.6 Å². The Morgan fingerprint density at radius 1 is 0.967 bits per heavy atom. The fourth-order valence-corrected chi connectivity index (χ4v) is 4.78. The fourth-order valence-electron chi connectivity index (χ4n) is 4.08. The molecule has 2 aromatic carbocycles. The third-order valence-electron chi connectivity index (χ3n) is 5.80. The van der Waals surface area contributed by atoms with Gasteiger partial charge in [0.05, 0.1) is 16.1 Å². The van der Waals surface area contributed by atoms with Crippen LogP contribution < -0.4 is 4.90 Å². The minimum atomic E-state index is -0.0909. The highest BCUT2D eigenvalue weighted by atomic mass is 32.1. The second kappa shape index (κ2) is 9.26. The van der Waals surface area contributed by atoms with Crippen LogP contribution in [0.3, 0.4) is 0 Å². The molecule has 0 radical (unpaired) electrons. The van der Waals surface area contributed by atoms with Gasteiger partial charge in [0.1, 0.15) is 0 Å². The standard InChI is InChI=1S/C25H26N2O2S/c1-26(25(29)23-12-7-17-30-23)22-11-6-5-10-21(22)24(28)27-15-13-20(14-16-27)18-19-8-3-2-4-9-19/h2-12,17,20H,13-16,18H2,1H3. The average molecular weight is 419 g/mol. The van der Waals surface area contributed by atoms with Gasteiger partial charge in [-0.05, 0) is 54.3 Å². The zero-order valence-corrected chi connectivity index (χ0v) is 18.0. The molecule has 0 aliphatic carbocycles. The van der Waals surface area contributed by atoms with Crippen LogP contribution in [0, 0.1) is 5.92 Å². The van der Waals surface area contributed by atoms with Crippen molar-refractivity contribution in [3.63, 3.8) is 0 Å². The lowest BCUT2D eigenvalue weighted by Gasteiger charge is -2.33. The van der Waals surface area contributed by atoms with E-state index in [2.05, 4.69) is 24.3 Å². The number of para-hydroxylation sites is 1. The SMILES string of the molecule is CN(C(=O)c1cccs1)c1ccccc1C(=O)N1CCC(Cc2ccccc2)CC1.